The Morgan fingerprint density at radius 2 is 1.67 bits per heavy atom. The topological polar surface area (TPSA) is 64.4 Å². The van der Waals surface area contributed by atoms with Crippen LogP contribution in [0, 0.1) is 0 Å². The second-order valence-electron chi connectivity index (χ2n) is 6.32. The number of aromatic nitrogens is 2. The molecule has 6 nitrogen and oxygen atoms in total. The molecule has 0 fully saturated rings. The predicted octanol–water partition coefficient (Wildman–Crippen LogP) is 2.79. The Hall–Kier alpha value is -3.41. The SMILES string of the molecule is CN(C)C(=O)C(OC(=O)Cc1cnn(-c2ccccc2)c1)c1ccccc1. The average molecular weight is 363 g/mol. The van der Waals surface area contributed by atoms with E-state index in [2.05, 4.69) is 5.10 Å². The van der Waals surface area contributed by atoms with E-state index in [4.69, 9.17) is 4.74 Å². The largest absolute Gasteiger partial charge is 0.447 e. The van der Waals surface area contributed by atoms with Crippen molar-refractivity contribution in [3.63, 3.8) is 0 Å². The summed E-state index contributed by atoms with van der Waals surface area (Å²) in [5.41, 5.74) is 2.26. The number of carbonyl (C=O) groups is 2. The van der Waals surface area contributed by atoms with Gasteiger partial charge in [0.2, 0.25) is 6.10 Å². The molecule has 0 aliphatic heterocycles. The molecule has 2 aromatic carbocycles. The highest BCUT2D eigenvalue weighted by Gasteiger charge is 2.26. The van der Waals surface area contributed by atoms with E-state index in [-0.39, 0.29) is 12.3 Å². The number of hydrogen-bond acceptors (Lipinski definition) is 4. The molecule has 0 aliphatic carbocycles. The van der Waals surface area contributed by atoms with Crippen molar-refractivity contribution in [3.05, 3.63) is 84.2 Å². The summed E-state index contributed by atoms with van der Waals surface area (Å²) in [7, 11) is 3.27. The van der Waals surface area contributed by atoms with Crippen LogP contribution >= 0.6 is 0 Å². The molecule has 0 saturated carbocycles. The molecule has 0 radical (unpaired) electrons. The smallest absolute Gasteiger partial charge is 0.311 e. The van der Waals surface area contributed by atoms with Crippen LogP contribution in [0.25, 0.3) is 5.69 Å². The molecule has 1 heterocycles. The number of rotatable bonds is 6. The van der Waals surface area contributed by atoms with Gasteiger partial charge in [-0.15, -0.1) is 0 Å². The van der Waals surface area contributed by atoms with Crippen LogP contribution in [-0.2, 0) is 20.7 Å². The molecule has 1 unspecified atom stereocenters. The maximum absolute atomic E-state index is 12.5. The van der Waals surface area contributed by atoms with E-state index in [1.54, 1.807) is 43.3 Å². The number of hydrogen-bond donors (Lipinski definition) is 0. The van der Waals surface area contributed by atoms with Crippen molar-refractivity contribution in [1.82, 2.24) is 14.7 Å². The van der Waals surface area contributed by atoms with Crippen molar-refractivity contribution in [2.75, 3.05) is 14.1 Å². The molecule has 0 N–H and O–H groups in total. The monoisotopic (exact) mass is 363 g/mol. The zero-order chi connectivity index (χ0) is 19.2. The van der Waals surface area contributed by atoms with Crippen LogP contribution < -0.4 is 0 Å². The van der Waals surface area contributed by atoms with Crippen molar-refractivity contribution < 1.29 is 14.3 Å². The molecule has 1 atom stereocenters. The van der Waals surface area contributed by atoms with Gasteiger partial charge in [0, 0.05) is 31.4 Å². The first kappa shape index (κ1) is 18.4. The Balaban J connectivity index is 1.71. The van der Waals surface area contributed by atoms with E-state index in [9.17, 15) is 9.59 Å². The number of esters is 1. The van der Waals surface area contributed by atoms with Gasteiger partial charge >= 0.3 is 5.97 Å². The Morgan fingerprint density at radius 3 is 2.30 bits per heavy atom. The minimum Gasteiger partial charge on any atom is -0.447 e. The van der Waals surface area contributed by atoms with E-state index in [0.29, 0.717) is 11.1 Å². The summed E-state index contributed by atoms with van der Waals surface area (Å²) < 4.78 is 7.21. The van der Waals surface area contributed by atoms with Crippen LogP contribution in [0.3, 0.4) is 0 Å². The molecule has 0 bridgehead atoms. The average Bonchev–Trinajstić information content (AvgIpc) is 3.15. The molecular weight excluding hydrogens is 342 g/mol. The molecule has 0 spiro atoms. The highest BCUT2D eigenvalue weighted by Crippen LogP contribution is 2.20. The molecule has 6 heteroatoms. The van der Waals surface area contributed by atoms with Crippen LogP contribution in [0.15, 0.2) is 73.1 Å². The summed E-state index contributed by atoms with van der Waals surface area (Å²) in [4.78, 5) is 26.3. The molecule has 0 saturated heterocycles. The molecular formula is C21H21N3O3. The first-order valence-corrected chi connectivity index (χ1v) is 8.59. The van der Waals surface area contributed by atoms with Gasteiger partial charge in [0.05, 0.1) is 18.3 Å². The number of para-hydroxylation sites is 1. The Morgan fingerprint density at radius 1 is 1.04 bits per heavy atom. The normalized spacial score (nSPS) is 11.6. The lowest BCUT2D eigenvalue weighted by Crippen LogP contribution is -2.31. The van der Waals surface area contributed by atoms with E-state index >= 15 is 0 Å². The van der Waals surface area contributed by atoms with Crippen LogP contribution in [0.1, 0.15) is 17.2 Å². The summed E-state index contributed by atoms with van der Waals surface area (Å²) in [5, 5.41) is 4.27. The maximum atomic E-state index is 12.5. The highest BCUT2D eigenvalue weighted by atomic mass is 16.5. The third kappa shape index (κ3) is 4.61. The fourth-order valence-electron chi connectivity index (χ4n) is 2.64. The Kier molecular flexibility index (Phi) is 5.66. The summed E-state index contributed by atoms with van der Waals surface area (Å²) in [6.45, 7) is 0. The summed E-state index contributed by atoms with van der Waals surface area (Å²) in [6, 6.07) is 18.6. The van der Waals surface area contributed by atoms with Crippen molar-refractivity contribution in [2.45, 2.75) is 12.5 Å². The van der Waals surface area contributed by atoms with Crippen molar-refractivity contribution in [2.24, 2.45) is 0 Å². The van der Waals surface area contributed by atoms with E-state index < -0.39 is 12.1 Å². The van der Waals surface area contributed by atoms with Gasteiger partial charge in [-0.1, -0.05) is 48.5 Å². The molecule has 0 aliphatic rings. The quantitative estimate of drug-likeness (QED) is 0.632. The maximum Gasteiger partial charge on any atom is 0.311 e. The number of amides is 1. The van der Waals surface area contributed by atoms with Gasteiger partial charge in [0.1, 0.15) is 0 Å². The van der Waals surface area contributed by atoms with Gasteiger partial charge in [0.15, 0.2) is 0 Å². The second kappa shape index (κ2) is 8.31. The zero-order valence-corrected chi connectivity index (χ0v) is 15.3. The number of ether oxygens (including phenoxy) is 1. The zero-order valence-electron chi connectivity index (χ0n) is 15.3. The molecule has 1 aromatic heterocycles. The van der Waals surface area contributed by atoms with Gasteiger partial charge in [-0.25, -0.2) is 4.68 Å². The molecule has 138 valence electrons. The fourth-order valence-corrected chi connectivity index (χ4v) is 2.64. The lowest BCUT2D eigenvalue weighted by Gasteiger charge is -2.21. The van der Waals surface area contributed by atoms with E-state index in [1.165, 1.54) is 4.90 Å². The van der Waals surface area contributed by atoms with E-state index in [0.717, 1.165) is 5.69 Å². The minimum absolute atomic E-state index is 0.0386. The van der Waals surface area contributed by atoms with E-state index in [1.807, 2.05) is 48.5 Å². The number of likely N-dealkylation sites (N-methyl/N-ethyl adjacent to an activating group) is 1. The summed E-state index contributed by atoms with van der Waals surface area (Å²) >= 11 is 0. The van der Waals surface area contributed by atoms with Gasteiger partial charge in [0.25, 0.3) is 5.91 Å². The fraction of sp³-hybridized carbons (Fsp3) is 0.190. The van der Waals surface area contributed by atoms with Crippen molar-refractivity contribution in [3.8, 4) is 5.69 Å². The predicted molar refractivity (Wildman–Crippen MR) is 101 cm³/mol. The van der Waals surface area contributed by atoms with Crippen LogP contribution in [-0.4, -0.2) is 40.7 Å². The highest BCUT2D eigenvalue weighted by molar-refractivity contribution is 5.85. The van der Waals surface area contributed by atoms with Gasteiger partial charge in [-0.2, -0.15) is 5.10 Å². The summed E-state index contributed by atoms with van der Waals surface area (Å²) in [6.07, 6.45) is 2.48. The lowest BCUT2D eigenvalue weighted by molar-refractivity contribution is -0.159. The molecule has 3 aromatic rings. The minimum atomic E-state index is -0.960. The lowest BCUT2D eigenvalue weighted by atomic mass is 10.1. The molecule has 1 amide bonds. The molecule has 3 rings (SSSR count). The van der Waals surface area contributed by atoms with Crippen LogP contribution in [0.4, 0.5) is 0 Å². The Labute approximate surface area is 158 Å². The standard InChI is InChI=1S/C21H21N3O3/c1-23(2)21(26)20(17-9-5-3-6-10-17)27-19(25)13-16-14-22-24(15-16)18-11-7-4-8-12-18/h3-12,14-15,20H,13H2,1-2H3. The van der Waals surface area contributed by atoms with Crippen LogP contribution in [0.2, 0.25) is 0 Å². The third-order valence-corrected chi connectivity index (χ3v) is 4.02. The Bertz CT molecular complexity index is 905. The first-order chi connectivity index (χ1) is 13.0. The van der Waals surface area contributed by atoms with Crippen molar-refractivity contribution in [1.29, 1.82) is 0 Å². The summed E-state index contributed by atoms with van der Waals surface area (Å²) in [5.74, 6) is -0.763. The second-order valence-corrected chi connectivity index (χ2v) is 6.32. The number of benzene rings is 2. The van der Waals surface area contributed by atoms with Crippen LogP contribution in [0.5, 0.6) is 0 Å². The molecule has 27 heavy (non-hydrogen) atoms. The first-order valence-electron chi connectivity index (χ1n) is 8.59. The van der Waals surface area contributed by atoms with Crippen molar-refractivity contribution >= 4 is 11.9 Å². The number of carbonyl (C=O) groups excluding carboxylic acids is 2. The number of nitrogens with zero attached hydrogens (tertiary/aromatic N) is 3. The van der Waals surface area contributed by atoms with Gasteiger partial charge in [-0.3, -0.25) is 9.59 Å². The van der Waals surface area contributed by atoms with Gasteiger partial charge < -0.3 is 9.64 Å². The van der Waals surface area contributed by atoms with Gasteiger partial charge in [-0.05, 0) is 12.1 Å². The third-order valence-electron chi connectivity index (χ3n) is 4.02.